The average molecular weight is 266 g/mol. The highest BCUT2D eigenvalue weighted by atomic mass is 15.0. The Bertz CT molecular complexity index is 781. The standard InChI is InChI=1S/C16H18N4/c1-9-10(2)20-14-11(9)4-3-5-12(14)15-16-13(6-7-17-15)18-8-19-16/h3-5,8,15,17,20H,6-7H2,1-2H3,(H,18,19)/t15-/m1/s1. The number of H-pyrrole nitrogens is 2. The second kappa shape index (κ2) is 4.21. The summed E-state index contributed by atoms with van der Waals surface area (Å²) in [5, 5.41) is 4.91. The van der Waals surface area contributed by atoms with Gasteiger partial charge in [-0.25, -0.2) is 4.98 Å². The van der Waals surface area contributed by atoms with Crippen molar-refractivity contribution in [2.24, 2.45) is 0 Å². The first kappa shape index (κ1) is 11.7. The summed E-state index contributed by atoms with van der Waals surface area (Å²) in [5.74, 6) is 0. The lowest BCUT2D eigenvalue weighted by molar-refractivity contribution is 0.556. The number of aromatic nitrogens is 3. The molecule has 0 aliphatic carbocycles. The summed E-state index contributed by atoms with van der Waals surface area (Å²) in [5.41, 5.74) is 7.48. The number of nitrogens with zero attached hydrogens (tertiary/aromatic N) is 1. The van der Waals surface area contributed by atoms with E-state index >= 15 is 0 Å². The lowest BCUT2D eigenvalue weighted by Crippen LogP contribution is -2.30. The Morgan fingerprint density at radius 2 is 2.15 bits per heavy atom. The molecule has 0 bridgehead atoms. The molecule has 0 spiro atoms. The van der Waals surface area contributed by atoms with Crippen LogP contribution in [0.1, 0.15) is 34.3 Å². The summed E-state index contributed by atoms with van der Waals surface area (Å²) in [6.07, 6.45) is 2.82. The molecule has 3 aromatic rings. The van der Waals surface area contributed by atoms with Gasteiger partial charge in [0.15, 0.2) is 0 Å². The van der Waals surface area contributed by atoms with Gasteiger partial charge in [-0.3, -0.25) is 0 Å². The molecule has 3 N–H and O–H groups in total. The zero-order chi connectivity index (χ0) is 13.7. The van der Waals surface area contributed by atoms with E-state index in [0.29, 0.717) is 0 Å². The lowest BCUT2D eigenvalue weighted by Gasteiger charge is -2.23. The maximum absolute atomic E-state index is 4.52. The summed E-state index contributed by atoms with van der Waals surface area (Å²) < 4.78 is 0. The number of imidazole rings is 1. The van der Waals surface area contributed by atoms with Gasteiger partial charge in [0, 0.05) is 29.7 Å². The van der Waals surface area contributed by atoms with E-state index in [4.69, 9.17) is 0 Å². The van der Waals surface area contributed by atoms with Crippen molar-refractivity contribution in [2.75, 3.05) is 6.54 Å². The minimum atomic E-state index is 0.172. The number of para-hydroxylation sites is 1. The quantitative estimate of drug-likeness (QED) is 0.634. The molecule has 2 aromatic heterocycles. The van der Waals surface area contributed by atoms with E-state index in [1.165, 1.54) is 33.4 Å². The highest BCUT2D eigenvalue weighted by Crippen LogP contribution is 2.32. The molecule has 1 aliphatic rings. The first-order chi connectivity index (χ1) is 9.75. The minimum absolute atomic E-state index is 0.172. The second-order valence-corrected chi connectivity index (χ2v) is 5.55. The number of benzene rings is 1. The van der Waals surface area contributed by atoms with Gasteiger partial charge in [0.25, 0.3) is 0 Å². The Morgan fingerprint density at radius 3 is 3.05 bits per heavy atom. The molecular weight excluding hydrogens is 248 g/mol. The van der Waals surface area contributed by atoms with Gasteiger partial charge in [-0.1, -0.05) is 18.2 Å². The normalized spacial score (nSPS) is 18.4. The Kier molecular flexibility index (Phi) is 2.47. The van der Waals surface area contributed by atoms with E-state index in [1.54, 1.807) is 6.33 Å². The molecule has 0 saturated heterocycles. The van der Waals surface area contributed by atoms with Gasteiger partial charge in [0.05, 0.1) is 23.6 Å². The molecule has 1 aliphatic heterocycles. The van der Waals surface area contributed by atoms with Crippen molar-refractivity contribution in [1.29, 1.82) is 0 Å². The molecule has 0 saturated carbocycles. The number of hydrogen-bond donors (Lipinski definition) is 3. The van der Waals surface area contributed by atoms with Gasteiger partial charge in [0.1, 0.15) is 0 Å². The summed E-state index contributed by atoms with van der Waals surface area (Å²) in [4.78, 5) is 11.3. The van der Waals surface area contributed by atoms with Crippen LogP contribution >= 0.6 is 0 Å². The van der Waals surface area contributed by atoms with Gasteiger partial charge < -0.3 is 15.3 Å². The van der Waals surface area contributed by atoms with Crippen LogP contribution in [-0.2, 0) is 6.42 Å². The van der Waals surface area contributed by atoms with Crippen molar-refractivity contribution in [1.82, 2.24) is 20.3 Å². The van der Waals surface area contributed by atoms with Crippen molar-refractivity contribution >= 4 is 10.9 Å². The predicted octanol–water partition coefficient (Wildman–Crippen LogP) is 2.74. The summed E-state index contributed by atoms with van der Waals surface area (Å²) >= 11 is 0. The maximum atomic E-state index is 4.52. The first-order valence-corrected chi connectivity index (χ1v) is 7.09. The van der Waals surface area contributed by atoms with Crippen LogP contribution in [0.3, 0.4) is 0 Å². The zero-order valence-corrected chi connectivity index (χ0v) is 11.7. The summed E-state index contributed by atoms with van der Waals surface area (Å²) in [6, 6.07) is 6.69. The van der Waals surface area contributed by atoms with E-state index in [9.17, 15) is 0 Å². The third-order valence-corrected chi connectivity index (χ3v) is 4.44. The Balaban J connectivity index is 1.94. The van der Waals surface area contributed by atoms with E-state index in [0.717, 1.165) is 18.7 Å². The number of rotatable bonds is 1. The highest BCUT2D eigenvalue weighted by Gasteiger charge is 2.25. The van der Waals surface area contributed by atoms with Crippen molar-refractivity contribution in [3.63, 3.8) is 0 Å². The van der Waals surface area contributed by atoms with Crippen LogP contribution in [-0.4, -0.2) is 21.5 Å². The average Bonchev–Trinajstić information content (AvgIpc) is 3.04. The van der Waals surface area contributed by atoms with Crippen LogP contribution in [0.2, 0.25) is 0 Å². The molecule has 0 unspecified atom stereocenters. The molecule has 1 atom stereocenters. The van der Waals surface area contributed by atoms with Gasteiger partial charge in [-0.2, -0.15) is 0 Å². The third kappa shape index (κ3) is 1.55. The Morgan fingerprint density at radius 1 is 1.25 bits per heavy atom. The maximum Gasteiger partial charge on any atom is 0.0926 e. The van der Waals surface area contributed by atoms with Crippen molar-refractivity contribution in [3.05, 3.63) is 52.7 Å². The zero-order valence-electron chi connectivity index (χ0n) is 11.7. The Labute approximate surface area is 117 Å². The van der Waals surface area contributed by atoms with Crippen molar-refractivity contribution < 1.29 is 0 Å². The molecule has 4 nitrogen and oxygen atoms in total. The Hall–Kier alpha value is -2.07. The fourth-order valence-electron chi connectivity index (χ4n) is 3.22. The molecule has 4 heteroatoms. The molecule has 1 aromatic carbocycles. The van der Waals surface area contributed by atoms with E-state index in [1.807, 2.05) is 0 Å². The van der Waals surface area contributed by atoms with E-state index in [2.05, 4.69) is 52.3 Å². The molecule has 20 heavy (non-hydrogen) atoms. The topological polar surface area (TPSA) is 56.5 Å². The molecule has 3 heterocycles. The van der Waals surface area contributed by atoms with Crippen molar-refractivity contribution in [3.8, 4) is 0 Å². The van der Waals surface area contributed by atoms with Crippen LogP contribution < -0.4 is 5.32 Å². The van der Waals surface area contributed by atoms with Gasteiger partial charge in [-0.15, -0.1) is 0 Å². The fraction of sp³-hybridized carbons (Fsp3) is 0.312. The van der Waals surface area contributed by atoms with Crippen LogP contribution in [0.15, 0.2) is 24.5 Å². The number of hydrogen-bond acceptors (Lipinski definition) is 2. The second-order valence-electron chi connectivity index (χ2n) is 5.55. The van der Waals surface area contributed by atoms with Crippen LogP contribution in [0.4, 0.5) is 0 Å². The number of nitrogens with one attached hydrogen (secondary N) is 3. The monoisotopic (exact) mass is 266 g/mol. The fourth-order valence-corrected chi connectivity index (χ4v) is 3.22. The van der Waals surface area contributed by atoms with Crippen molar-refractivity contribution in [2.45, 2.75) is 26.3 Å². The van der Waals surface area contributed by atoms with E-state index < -0.39 is 0 Å². The molecule has 0 radical (unpaired) electrons. The molecule has 102 valence electrons. The SMILES string of the molecule is Cc1[nH]c2c([C@H]3NCCc4[nH]cnc43)cccc2c1C. The molecular formula is C16H18N4. The first-order valence-electron chi connectivity index (χ1n) is 7.09. The third-order valence-electron chi connectivity index (χ3n) is 4.44. The van der Waals surface area contributed by atoms with Gasteiger partial charge in [-0.05, 0) is 25.0 Å². The van der Waals surface area contributed by atoms with Gasteiger partial charge in [0.2, 0.25) is 0 Å². The van der Waals surface area contributed by atoms with E-state index in [-0.39, 0.29) is 6.04 Å². The highest BCUT2D eigenvalue weighted by molar-refractivity contribution is 5.87. The molecule has 0 fully saturated rings. The van der Waals surface area contributed by atoms with Crippen LogP contribution in [0.25, 0.3) is 10.9 Å². The molecule has 0 amide bonds. The summed E-state index contributed by atoms with van der Waals surface area (Å²) in [7, 11) is 0. The van der Waals surface area contributed by atoms with Crippen LogP contribution in [0.5, 0.6) is 0 Å². The largest absolute Gasteiger partial charge is 0.358 e. The lowest BCUT2D eigenvalue weighted by atomic mass is 9.96. The number of aromatic amines is 2. The minimum Gasteiger partial charge on any atom is -0.358 e. The predicted molar refractivity (Wildman–Crippen MR) is 79.9 cm³/mol. The van der Waals surface area contributed by atoms with Crippen LogP contribution in [0, 0.1) is 13.8 Å². The molecule has 4 rings (SSSR count). The summed E-state index contributed by atoms with van der Waals surface area (Å²) in [6.45, 7) is 5.29. The number of fused-ring (bicyclic) bond motifs is 2. The number of aryl methyl sites for hydroxylation is 2. The van der Waals surface area contributed by atoms with Gasteiger partial charge >= 0.3 is 0 Å². The smallest absolute Gasteiger partial charge is 0.0926 e.